The van der Waals surface area contributed by atoms with E-state index in [1.54, 1.807) is 0 Å². The van der Waals surface area contributed by atoms with Crippen molar-refractivity contribution in [2.24, 2.45) is 5.92 Å². The molecule has 3 nitrogen and oxygen atoms in total. The Labute approximate surface area is 103 Å². The first-order chi connectivity index (χ1) is 8.26. The third kappa shape index (κ3) is 5.59. The monoisotopic (exact) mass is 238 g/mol. The summed E-state index contributed by atoms with van der Waals surface area (Å²) in [5.41, 5.74) is 0. The van der Waals surface area contributed by atoms with Crippen molar-refractivity contribution in [1.29, 1.82) is 0 Å². The standard InChI is InChI=1S/C14H22O3/c1-3-9-17-14-6-4-13(5-7-14)11-12(2)16-10-8-15/h4,6-7,11,13,15H,3,5,8-10H2,1-2H3/b12-11+. The van der Waals surface area contributed by atoms with Crippen molar-refractivity contribution in [1.82, 2.24) is 0 Å². The lowest BCUT2D eigenvalue weighted by molar-refractivity contribution is 0.145. The van der Waals surface area contributed by atoms with E-state index in [0.29, 0.717) is 12.5 Å². The van der Waals surface area contributed by atoms with Crippen molar-refractivity contribution in [2.45, 2.75) is 26.7 Å². The lowest BCUT2D eigenvalue weighted by Crippen LogP contribution is -2.03. The molecule has 1 aliphatic rings. The molecule has 1 atom stereocenters. The summed E-state index contributed by atoms with van der Waals surface area (Å²) in [6.07, 6.45) is 10.3. The lowest BCUT2D eigenvalue weighted by Gasteiger charge is -2.14. The minimum Gasteiger partial charge on any atom is -0.496 e. The van der Waals surface area contributed by atoms with E-state index in [4.69, 9.17) is 14.6 Å². The van der Waals surface area contributed by atoms with Crippen LogP contribution in [0.5, 0.6) is 0 Å². The van der Waals surface area contributed by atoms with Crippen molar-refractivity contribution in [3.05, 3.63) is 35.8 Å². The molecule has 0 aromatic heterocycles. The van der Waals surface area contributed by atoms with Crippen LogP contribution in [0.1, 0.15) is 26.7 Å². The number of hydrogen-bond acceptors (Lipinski definition) is 3. The van der Waals surface area contributed by atoms with E-state index in [1.165, 1.54) is 0 Å². The van der Waals surface area contributed by atoms with Crippen molar-refractivity contribution in [3.63, 3.8) is 0 Å². The molecule has 96 valence electrons. The Bertz CT molecular complexity index is 303. The van der Waals surface area contributed by atoms with Gasteiger partial charge in [0.05, 0.1) is 19.0 Å². The van der Waals surface area contributed by atoms with Crippen LogP contribution in [-0.2, 0) is 9.47 Å². The van der Waals surface area contributed by atoms with Gasteiger partial charge in [-0.2, -0.15) is 0 Å². The second kappa shape index (κ2) is 7.96. The van der Waals surface area contributed by atoms with Gasteiger partial charge in [0, 0.05) is 5.92 Å². The van der Waals surface area contributed by atoms with Crippen LogP contribution in [0.25, 0.3) is 0 Å². The van der Waals surface area contributed by atoms with E-state index in [9.17, 15) is 0 Å². The lowest BCUT2D eigenvalue weighted by atomic mass is 9.99. The Morgan fingerprint density at radius 3 is 2.94 bits per heavy atom. The molecule has 1 aliphatic carbocycles. The minimum absolute atomic E-state index is 0.0561. The Balaban J connectivity index is 2.36. The molecule has 0 aliphatic heterocycles. The van der Waals surface area contributed by atoms with Crippen LogP contribution in [0, 0.1) is 5.92 Å². The SMILES string of the molecule is CCCOC1=CCC(/C=C(\C)OCCO)C=C1. The molecule has 0 saturated heterocycles. The maximum atomic E-state index is 8.65. The average molecular weight is 238 g/mol. The number of ether oxygens (including phenoxy) is 2. The Kier molecular flexibility index (Phi) is 6.48. The summed E-state index contributed by atoms with van der Waals surface area (Å²) >= 11 is 0. The summed E-state index contributed by atoms with van der Waals surface area (Å²) < 4.78 is 10.9. The normalized spacial score (nSPS) is 20.1. The molecule has 0 heterocycles. The third-order valence-electron chi connectivity index (χ3n) is 2.44. The molecule has 0 amide bonds. The second-order valence-electron chi connectivity index (χ2n) is 4.06. The van der Waals surface area contributed by atoms with E-state index < -0.39 is 0 Å². The topological polar surface area (TPSA) is 38.7 Å². The van der Waals surface area contributed by atoms with Crippen molar-refractivity contribution in [2.75, 3.05) is 19.8 Å². The van der Waals surface area contributed by atoms with Gasteiger partial charge >= 0.3 is 0 Å². The van der Waals surface area contributed by atoms with Gasteiger partial charge in [-0.05, 0) is 38.0 Å². The quantitative estimate of drug-likeness (QED) is 0.693. The molecule has 0 fully saturated rings. The van der Waals surface area contributed by atoms with Crippen LogP contribution in [0.2, 0.25) is 0 Å². The Morgan fingerprint density at radius 1 is 1.53 bits per heavy atom. The van der Waals surface area contributed by atoms with Crippen molar-refractivity contribution >= 4 is 0 Å². The molecule has 0 saturated carbocycles. The van der Waals surface area contributed by atoms with Crippen LogP contribution in [0.4, 0.5) is 0 Å². The molecule has 1 N–H and O–H groups in total. The van der Waals surface area contributed by atoms with Gasteiger partial charge in [-0.25, -0.2) is 0 Å². The predicted molar refractivity (Wildman–Crippen MR) is 68.4 cm³/mol. The second-order valence-corrected chi connectivity index (χ2v) is 4.06. The van der Waals surface area contributed by atoms with E-state index in [-0.39, 0.29) is 6.61 Å². The maximum Gasteiger partial charge on any atom is 0.115 e. The van der Waals surface area contributed by atoms with Crippen LogP contribution < -0.4 is 0 Å². The minimum atomic E-state index is 0.0561. The van der Waals surface area contributed by atoms with E-state index in [0.717, 1.165) is 31.0 Å². The highest BCUT2D eigenvalue weighted by molar-refractivity contribution is 5.21. The largest absolute Gasteiger partial charge is 0.496 e. The highest BCUT2D eigenvalue weighted by Crippen LogP contribution is 2.19. The summed E-state index contributed by atoms with van der Waals surface area (Å²) in [6, 6.07) is 0. The van der Waals surface area contributed by atoms with Gasteiger partial charge in [0.1, 0.15) is 12.4 Å². The number of hydrogen-bond donors (Lipinski definition) is 1. The number of aliphatic hydroxyl groups is 1. The van der Waals surface area contributed by atoms with Crippen LogP contribution >= 0.6 is 0 Å². The first-order valence-electron chi connectivity index (χ1n) is 6.19. The molecule has 1 rings (SSSR count). The van der Waals surface area contributed by atoms with Crippen LogP contribution in [-0.4, -0.2) is 24.9 Å². The zero-order chi connectivity index (χ0) is 12.5. The first kappa shape index (κ1) is 13.8. The van der Waals surface area contributed by atoms with Gasteiger partial charge in [0.15, 0.2) is 0 Å². The molecule has 0 aromatic carbocycles. The fourth-order valence-corrected chi connectivity index (χ4v) is 1.62. The van der Waals surface area contributed by atoms with Crippen LogP contribution in [0.15, 0.2) is 35.8 Å². The Morgan fingerprint density at radius 2 is 2.35 bits per heavy atom. The first-order valence-corrected chi connectivity index (χ1v) is 6.19. The van der Waals surface area contributed by atoms with Crippen molar-refractivity contribution < 1.29 is 14.6 Å². The highest BCUT2D eigenvalue weighted by atomic mass is 16.5. The van der Waals surface area contributed by atoms with E-state index in [2.05, 4.69) is 25.2 Å². The van der Waals surface area contributed by atoms with Gasteiger partial charge in [-0.1, -0.05) is 13.0 Å². The number of aliphatic hydroxyl groups excluding tert-OH is 1. The van der Waals surface area contributed by atoms with Gasteiger partial charge < -0.3 is 14.6 Å². The fourth-order valence-electron chi connectivity index (χ4n) is 1.62. The molecule has 17 heavy (non-hydrogen) atoms. The third-order valence-corrected chi connectivity index (χ3v) is 2.44. The molecular formula is C14H22O3. The van der Waals surface area contributed by atoms with Gasteiger partial charge in [-0.15, -0.1) is 0 Å². The van der Waals surface area contributed by atoms with Gasteiger partial charge in [-0.3, -0.25) is 0 Å². The molecule has 0 bridgehead atoms. The summed E-state index contributed by atoms with van der Waals surface area (Å²) in [5.74, 6) is 2.19. The van der Waals surface area contributed by atoms with Crippen molar-refractivity contribution in [3.8, 4) is 0 Å². The fraction of sp³-hybridized carbons (Fsp3) is 0.571. The molecular weight excluding hydrogens is 216 g/mol. The van der Waals surface area contributed by atoms with Gasteiger partial charge in [0.2, 0.25) is 0 Å². The highest BCUT2D eigenvalue weighted by Gasteiger charge is 2.07. The summed E-state index contributed by atoms with van der Waals surface area (Å²) in [6.45, 7) is 5.20. The summed E-state index contributed by atoms with van der Waals surface area (Å²) in [7, 11) is 0. The van der Waals surface area contributed by atoms with Crippen LogP contribution in [0.3, 0.4) is 0 Å². The molecule has 0 spiro atoms. The summed E-state index contributed by atoms with van der Waals surface area (Å²) in [4.78, 5) is 0. The maximum absolute atomic E-state index is 8.65. The van der Waals surface area contributed by atoms with E-state index in [1.807, 2.05) is 13.0 Å². The Hall–Kier alpha value is -1.22. The number of allylic oxidation sites excluding steroid dienone is 5. The molecule has 0 radical (unpaired) electrons. The summed E-state index contributed by atoms with van der Waals surface area (Å²) in [5, 5.41) is 8.65. The molecule has 0 aromatic rings. The number of rotatable bonds is 7. The average Bonchev–Trinajstić information content (AvgIpc) is 2.35. The van der Waals surface area contributed by atoms with Gasteiger partial charge in [0.25, 0.3) is 0 Å². The zero-order valence-electron chi connectivity index (χ0n) is 10.7. The predicted octanol–water partition coefficient (Wildman–Crippen LogP) is 2.79. The molecule has 1 unspecified atom stereocenters. The molecule has 3 heteroatoms. The zero-order valence-corrected chi connectivity index (χ0v) is 10.7. The smallest absolute Gasteiger partial charge is 0.115 e. The van der Waals surface area contributed by atoms with E-state index >= 15 is 0 Å².